The predicted octanol–water partition coefficient (Wildman–Crippen LogP) is 2.10. The number of cyclic esters (lactones) is 1. The van der Waals surface area contributed by atoms with Crippen molar-refractivity contribution < 1.29 is 24.1 Å². The van der Waals surface area contributed by atoms with E-state index in [0.29, 0.717) is 46.6 Å². The number of rotatable bonds is 5. The minimum absolute atomic E-state index is 0.112. The molecule has 3 aromatic rings. The van der Waals surface area contributed by atoms with Crippen molar-refractivity contribution in [2.24, 2.45) is 0 Å². The van der Waals surface area contributed by atoms with Gasteiger partial charge in [-0.15, -0.1) is 0 Å². The van der Waals surface area contributed by atoms with Gasteiger partial charge in [0, 0.05) is 28.6 Å². The van der Waals surface area contributed by atoms with Crippen LogP contribution in [0.2, 0.25) is 0 Å². The number of fused-ring (bicyclic) bond motifs is 6. The van der Waals surface area contributed by atoms with Crippen LogP contribution in [0, 0.1) is 0 Å². The van der Waals surface area contributed by atoms with E-state index in [4.69, 9.17) is 19.2 Å². The van der Waals surface area contributed by atoms with Gasteiger partial charge in [0.2, 0.25) is 6.79 Å². The highest BCUT2D eigenvalue weighted by atomic mass is 16.7. The smallest absolute Gasteiger partial charge is 0.343 e. The second-order valence-electron chi connectivity index (χ2n) is 9.72. The summed E-state index contributed by atoms with van der Waals surface area (Å²) in [5.41, 5.74) is 2.74. The summed E-state index contributed by atoms with van der Waals surface area (Å²) in [7, 11) is 0. The predicted molar refractivity (Wildman–Crippen MR) is 125 cm³/mol. The minimum Gasteiger partial charge on any atom is -0.458 e. The fourth-order valence-electron chi connectivity index (χ4n) is 5.53. The molecule has 7 rings (SSSR count). The topological polar surface area (TPSA) is 112 Å². The number of aliphatic hydroxyl groups is 1. The third kappa shape index (κ3) is 2.98. The molecule has 1 aliphatic carbocycles. The van der Waals surface area contributed by atoms with Crippen molar-refractivity contribution in [3.63, 3.8) is 0 Å². The van der Waals surface area contributed by atoms with Crippen LogP contribution in [0.3, 0.4) is 0 Å². The van der Waals surface area contributed by atoms with E-state index in [1.807, 2.05) is 12.1 Å². The number of carbonyl (C=O) groups excluding carboxylic acids is 1. The van der Waals surface area contributed by atoms with Gasteiger partial charge in [0.05, 0.1) is 29.0 Å². The minimum atomic E-state index is -1.84. The van der Waals surface area contributed by atoms with Gasteiger partial charge in [0.25, 0.3) is 5.56 Å². The molecule has 4 aliphatic rings. The molecule has 0 bridgehead atoms. The maximum absolute atomic E-state index is 13.5. The largest absolute Gasteiger partial charge is 0.458 e. The van der Waals surface area contributed by atoms with Crippen molar-refractivity contribution in [1.29, 1.82) is 0 Å². The number of hydrogen-bond donors (Lipinski definition) is 2. The zero-order valence-corrected chi connectivity index (χ0v) is 19.3. The molecular weight excluding hydrogens is 450 g/mol. The van der Waals surface area contributed by atoms with Crippen LogP contribution >= 0.6 is 0 Å². The number of hydrogen-bond acceptors (Lipinski definition) is 8. The summed E-state index contributed by atoms with van der Waals surface area (Å²) >= 11 is 0. The van der Waals surface area contributed by atoms with Crippen LogP contribution in [0.1, 0.15) is 48.4 Å². The van der Waals surface area contributed by atoms with Crippen LogP contribution in [0.25, 0.3) is 22.3 Å². The Hall–Kier alpha value is -3.43. The molecule has 1 fully saturated rings. The number of nitrogens with zero attached hydrogens (tertiary/aromatic N) is 2. The first-order valence-corrected chi connectivity index (χ1v) is 12.1. The lowest BCUT2D eigenvalue weighted by Crippen LogP contribution is -2.44. The Morgan fingerprint density at radius 1 is 1.14 bits per heavy atom. The lowest BCUT2D eigenvalue weighted by molar-refractivity contribution is -0.172. The van der Waals surface area contributed by atoms with E-state index in [0.717, 1.165) is 35.0 Å². The fraction of sp³-hybridized carbons (Fsp3) is 0.423. The average Bonchev–Trinajstić information content (AvgIpc) is 3.44. The normalized spacial score (nSPS) is 21.6. The third-order valence-electron chi connectivity index (χ3n) is 7.69. The van der Waals surface area contributed by atoms with Gasteiger partial charge in [-0.25, -0.2) is 9.78 Å². The highest BCUT2D eigenvalue weighted by molar-refractivity contribution is 5.91. The van der Waals surface area contributed by atoms with Gasteiger partial charge < -0.3 is 29.2 Å². The lowest BCUT2D eigenvalue weighted by Gasteiger charge is -2.31. The molecular formula is C26H25N3O6. The van der Waals surface area contributed by atoms with Crippen LogP contribution in [-0.4, -0.2) is 40.0 Å². The zero-order valence-electron chi connectivity index (χ0n) is 19.3. The zero-order chi connectivity index (χ0) is 23.9. The summed E-state index contributed by atoms with van der Waals surface area (Å²) < 4.78 is 18.1. The van der Waals surface area contributed by atoms with Gasteiger partial charge >= 0.3 is 5.97 Å². The molecule has 1 atom stereocenters. The lowest BCUT2D eigenvalue weighted by atomic mass is 9.86. The standard InChI is InChI=1S/C26H25N3O6/c1-2-26(32)18-8-20-23-16(10-29(20)24(30)17(18)11-33-25(26)31)14(5-6-27-13-3-4-13)15-7-21-22(35-12-34-21)9-19(15)28-23/h7-9,13,27,32H,2-6,10-12H2,1H3/t26-/m0/s1. The molecule has 9 nitrogen and oxygen atoms in total. The molecule has 1 aromatic carbocycles. The van der Waals surface area contributed by atoms with Gasteiger partial charge in [-0.1, -0.05) is 6.92 Å². The molecule has 0 unspecified atom stereocenters. The Morgan fingerprint density at radius 3 is 2.71 bits per heavy atom. The summed E-state index contributed by atoms with van der Waals surface area (Å²) in [5.74, 6) is 0.625. The number of carbonyl (C=O) groups is 1. The summed E-state index contributed by atoms with van der Waals surface area (Å²) in [6.45, 7) is 2.95. The quantitative estimate of drug-likeness (QED) is 0.422. The summed E-state index contributed by atoms with van der Waals surface area (Å²) in [5, 5.41) is 15.7. The molecule has 2 N–H and O–H groups in total. The first kappa shape index (κ1) is 20.9. The fourth-order valence-corrected chi connectivity index (χ4v) is 5.53. The van der Waals surface area contributed by atoms with Crippen LogP contribution in [0.5, 0.6) is 11.5 Å². The average molecular weight is 476 g/mol. The molecule has 5 heterocycles. The Labute approximate surface area is 200 Å². The number of esters is 1. The van der Waals surface area contributed by atoms with Crippen molar-refractivity contribution >= 4 is 16.9 Å². The summed E-state index contributed by atoms with van der Waals surface area (Å²) in [6.07, 6.45) is 3.31. The number of ether oxygens (including phenoxy) is 3. The Morgan fingerprint density at radius 2 is 1.94 bits per heavy atom. The first-order valence-electron chi connectivity index (χ1n) is 12.1. The van der Waals surface area contributed by atoms with E-state index in [9.17, 15) is 14.7 Å². The van der Waals surface area contributed by atoms with E-state index in [1.54, 1.807) is 17.6 Å². The van der Waals surface area contributed by atoms with Crippen molar-refractivity contribution in [2.45, 2.75) is 57.4 Å². The van der Waals surface area contributed by atoms with Gasteiger partial charge in [0.1, 0.15) is 6.61 Å². The Bertz CT molecular complexity index is 1490. The monoisotopic (exact) mass is 475 g/mol. The third-order valence-corrected chi connectivity index (χ3v) is 7.69. The molecule has 35 heavy (non-hydrogen) atoms. The molecule has 0 saturated heterocycles. The highest BCUT2D eigenvalue weighted by Crippen LogP contribution is 2.43. The number of aromatic nitrogens is 2. The van der Waals surface area contributed by atoms with Crippen molar-refractivity contribution in [3.05, 3.63) is 50.8 Å². The summed E-state index contributed by atoms with van der Waals surface area (Å²) in [6, 6.07) is 6.21. The molecule has 0 radical (unpaired) electrons. The first-order chi connectivity index (χ1) is 17.0. The summed E-state index contributed by atoms with van der Waals surface area (Å²) in [4.78, 5) is 31.0. The SMILES string of the molecule is CC[C@@]1(O)C(=O)OCc2c1cc1n(c2=O)Cc2c-1nc1cc3c(cc1c2CCNC1CC1)OCO3. The van der Waals surface area contributed by atoms with Crippen LogP contribution in [-0.2, 0) is 34.7 Å². The maximum atomic E-state index is 13.5. The van der Waals surface area contributed by atoms with Crippen molar-refractivity contribution in [1.82, 2.24) is 14.9 Å². The van der Waals surface area contributed by atoms with Crippen LogP contribution in [0.4, 0.5) is 0 Å². The molecule has 9 heteroatoms. The van der Waals surface area contributed by atoms with Gasteiger partial charge in [-0.2, -0.15) is 0 Å². The van der Waals surface area contributed by atoms with E-state index in [-0.39, 0.29) is 25.4 Å². The molecule has 0 amide bonds. The molecule has 0 spiro atoms. The second kappa shape index (κ2) is 7.29. The number of nitrogens with one attached hydrogen (secondary N) is 1. The maximum Gasteiger partial charge on any atom is 0.343 e. The van der Waals surface area contributed by atoms with E-state index in [2.05, 4.69) is 5.32 Å². The van der Waals surface area contributed by atoms with Crippen LogP contribution < -0.4 is 20.3 Å². The number of pyridine rings is 2. The molecule has 180 valence electrons. The Kier molecular flexibility index (Phi) is 4.35. The molecule has 3 aliphatic heterocycles. The highest BCUT2D eigenvalue weighted by Gasteiger charge is 2.45. The molecule has 1 saturated carbocycles. The van der Waals surface area contributed by atoms with Gasteiger partial charge in [-0.3, -0.25) is 4.79 Å². The molecule has 2 aromatic heterocycles. The van der Waals surface area contributed by atoms with Crippen molar-refractivity contribution in [3.8, 4) is 22.9 Å². The number of benzene rings is 1. The second-order valence-corrected chi connectivity index (χ2v) is 9.72. The Balaban J connectivity index is 1.44. The van der Waals surface area contributed by atoms with Gasteiger partial charge in [-0.05, 0) is 49.9 Å². The van der Waals surface area contributed by atoms with Gasteiger partial charge in [0.15, 0.2) is 17.1 Å². The van der Waals surface area contributed by atoms with E-state index < -0.39 is 11.6 Å². The van der Waals surface area contributed by atoms with E-state index >= 15 is 0 Å². The van der Waals surface area contributed by atoms with Crippen LogP contribution in [0.15, 0.2) is 23.0 Å². The van der Waals surface area contributed by atoms with Crippen molar-refractivity contribution in [2.75, 3.05) is 13.3 Å². The van der Waals surface area contributed by atoms with E-state index in [1.165, 1.54) is 12.8 Å².